The highest BCUT2D eigenvalue weighted by molar-refractivity contribution is 5.79. The van der Waals surface area contributed by atoms with Crippen LogP contribution in [0.3, 0.4) is 0 Å². The van der Waals surface area contributed by atoms with Gasteiger partial charge in [-0.2, -0.15) is 5.10 Å². The fraction of sp³-hybridized carbons (Fsp3) is 0.188. The first-order valence-corrected chi connectivity index (χ1v) is 6.35. The van der Waals surface area contributed by atoms with Gasteiger partial charge in [-0.05, 0) is 47.5 Å². The largest absolute Gasteiger partial charge is 0.497 e. The average molecular weight is 270 g/mol. The van der Waals surface area contributed by atoms with Crippen molar-refractivity contribution < 1.29 is 9.47 Å². The van der Waals surface area contributed by atoms with Crippen molar-refractivity contribution in [2.75, 3.05) is 14.2 Å². The second kappa shape index (κ2) is 7.19. The van der Waals surface area contributed by atoms with Crippen LogP contribution in [0.15, 0.2) is 53.6 Å². The van der Waals surface area contributed by atoms with Crippen molar-refractivity contribution in [3.63, 3.8) is 0 Å². The molecule has 104 valence electrons. The highest BCUT2D eigenvalue weighted by Gasteiger charge is 1.93. The van der Waals surface area contributed by atoms with E-state index in [1.165, 1.54) is 0 Å². The Morgan fingerprint density at radius 3 is 2.00 bits per heavy atom. The van der Waals surface area contributed by atoms with Gasteiger partial charge in [-0.15, -0.1) is 0 Å². The number of rotatable bonds is 6. The van der Waals surface area contributed by atoms with E-state index >= 15 is 0 Å². The lowest BCUT2D eigenvalue weighted by atomic mass is 10.2. The number of benzene rings is 2. The van der Waals surface area contributed by atoms with Crippen molar-refractivity contribution in [3.05, 3.63) is 59.7 Å². The van der Waals surface area contributed by atoms with Crippen LogP contribution >= 0.6 is 0 Å². The SMILES string of the molecule is COc1ccc(/C=N/NCc2ccc(OC)cc2)cc1. The monoisotopic (exact) mass is 270 g/mol. The molecule has 0 atom stereocenters. The second-order valence-corrected chi connectivity index (χ2v) is 4.21. The number of methoxy groups -OCH3 is 2. The quantitative estimate of drug-likeness (QED) is 0.648. The minimum Gasteiger partial charge on any atom is -0.497 e. The summed E-state index contributed by atoms with van der Waals surface area (Å²) in [5.41, 5.74) is 5.19. The van der Waals surface area contributed by atoms with Crippen molar-refractivity contribution >= 4 is 6.21 Å². The van der Waals surface area contributed by atoms with E-state index in [-0.39, 0.29) is 0 Å². The van der Waals surface area contributed by atoms with Gasteiger partial charge in [0.15, 0.2) is 0 Å². The van der Waals surface area contributed by atoms with E-state index in [1.54, 1.807) is 20.4 Å². The van der Waals surface area contributed by atoms with E-state index in [0.717, 1.165) is 22.6 Å². The number of nitrogens with zero attached hydrogens (tertiary/aromatic N) is 1. The van der Waals surface area contributed by atoms with Crippen molar-refractivity contribution in [3.8, 4) is 11.5 Å². The maximum absolute atomic E-state index is 5.11. The predicted octanol–water partition coefficient (Wildman–Crippen LogP) is 2.83. The van der Waals surface area contributed by atoms with E-state index in [0.29, 0.717) is 6.54 Å². The summed E-state index contributed by atoms with van der Waals surface area (Å²) in [6, 6.07) is 15.6. The summed E-state index contributed by atoms with van der Waals surface area (Å²) in [6.45, 7) is 0.677. The Balaban J connectivity index is 1.83. The number of ether oxygens (including phenoxy) is 2. The summed E-state index contributed by atoms with van der Waals surface area (Å²) >= 11 is 0. The molecule has 20 heavy (non-hydrogen) atoms. The van der Waals surface area contributed by atoms with Crippen LogP contribution in [-0.4, -0.2) is 20.4 Å². The van der Waals surface area contributed by atoms with Gasteiger partial charge in [0.2, 0.25) is 0 Å². The molecular formula is C16H18N2O2. The summed E-state index contributed by atoms with van der Waals surface area (Å²) in [4.78, 5) is 0. The molecular weight excluding hydrogens is 252 g/mol. The molecule has 0 aliphatic rings. The van der Waals surface area contributed by atoms with Gasteiger partial charge in [-0.1, -0.05) is 12.1 Å². The molecule has 0 saturated heterocycles. The Labute approximate surface area is 119 Å². The zero-order chi connectivity index (χ0) is 14.2. The molecule has 0 bridgehead atoms. The minimum atomic E-state index is 0.677. The third kappa shape index (κ3) is 4.02. The van der Waals surface area contributed by atoms with E-state index in [2.05, 4.69) is 10.5 Å². The summed E-state index contributed by atoms with van der Waals surface area (Å²) in [5, 5.41) is 4.19. The number of hydrogen-bond donors (Lipinski definition) is 1. The first-order chi connectivity index (χ1) is 9.81. The van der Waals surface area contributed by atoms with Crippen molar-refractivity contribution in [1.29, 1.82) is 0 Å². The van der Waals surface area contributed by atoms with Gasteiger partial charge in [0, 0.05) is 0 Å². The number of hydrazone groups is 1. The smallest absolute Gasteiger partial charge is 0.118 e. The van der Waals surface area contributed by atoms with E-state index in [1.807, 2.05) is 48.5 Å². The Morgan fingerprint density at radius 2 is 1.45 bits per heavy atom. The van der Waals surface area contributed by atoms with E-state index in [4.69, 9.17) is 9.47 Å². The fourth-order valence-electron chi connectivity index (χ4n) is 1.69. The van der Waals surface area contributed by atoms with Gasteiger partial charge in [-0.25, -0.2) is 0 Å². The maximum atomic E-state index is 5.11. The van der Waals surface area contributed by atoms with E-state index in [9.17, 15) is 0 Å². The molecule has 0 unspecified atom stereocenters. The van der Waals surface area contributed by atoms with Gasteiger partial charge in [0.1, 0.15) is 11.5 Å². The lowest BCUT2D eigenvalue weighted by Crippen LogP contribution is -2.05. The molecule has 0 aromatic heterocycles. The standard InChI is InChI=1S/C16H18N2O2/c1-19-15-7-3-13(4-8-15)11-17-18-12-14-5-9-16(20-2)10-6-14/h3-11,18H,12H2,1-2H3/b17-11+. The van der Waals surface area contributed by atoms with Gasteiger partial charge >= 0.3 is 0 Å². The van der Waals surface area contributed by atoms with Crippen LogP contribution in [0.4, 0.5) is 0 Å². The number of nitrogens with one attached hydrogen (secondary N) is 1. The fourth-order valence-corrected chi connectivity index (χ4v) is 1.69. The van der Waals surface area contributed by atoms with Crippen LogP contribution in [-0.2, 0) is 6.54 Å². The molecule has 0 aliphatic heterocycles. The van der Waals surface area contributed by atoms with Crippen molar-refractivity contribution in [1.82, 2.24) is 5.43 Å². The number of hydrogen-bond acceptors (Lipinski definition) is 4. The van der Waals surface area contributed by atoms with E-state index < -0.39 is 0 Å². The van der Waals surface area contributed by atoms with Gasteiger partial charge in [0.25, 0.3) is 0 Å². The van der Waals surface area contributed by atoms with Gasteiger partial charge < -0.3 is 14.9 Å². The molecule has 0 spiro atoms. The van der Waals surface area contributed by atoms with Gasteiger partial charge in [0.05, 0.1) is 27.0 Å². The lowest BCUT2D eigenvalue weighted by Gasteiger charge is -2.03. The normalized spacial score (nSPS) is 10.5. The molecule has 0 fully saturated rings. The van der Waals surface area contributed by atoms with Crippen molar-refractivity contribution in [2.24, 2.45) is 5.10 Å². The highest BCUT2D eigenvalue weighted by atomic mass is 16.5. The molecule has 0 radical (unpaired) electrons. The summed E-state index contributed by atoms with van der Waals surface area (Å²) in [5.74, 6) is 1.70. The van der Waals surface area contributed by atoms with Crippen molar-refractivity contribution in [2.45, 2.75) is 6.54 Å². The predicted molar refractivity (Wildman–Crippen MR) is 80.4 cm³/mol. The third-order valence-electron chi connectivity index (χ3n) is 2.86. The summed E-state index contributed by atoms with van der Waals surface area (Å²) in [7, 11) is 3.31. The zero-order valence-corrected chi connectivity index (χ0v) is 11.7. The molecule has 4 heteroatoms. The van der Waals surface area contributed by atoms with Crippen LogP contribution in [0.1, 0.15) is 11.1 Å². The van der Waals surface area contributed by atoms with Crippen LogP contribution in [0.5, 0.6) is 11.5 Å². The van der Waals surface area contributed by atoms with Crippen LogP contribution < -0.4 is 14.9 Å². The molecule has 0 amide bonds. The third-order valence-corrected chi connectivity index (χ3v) is 2.86. The zero-order valence-electron chi connectivity index (χ0n) is 11.7. The van der Waals surface area contributed by atoms with Crippen LogP contribution in [0.25, 0.3) is 0 Å². The highest BCUT2D eigenvalue weighted by Crippen LogP contribution is 2.11. The molecule has 2 aromatic carbocycles. The summed E-state index contributed by atoms with van der Waals surface area (Å²) in [6.07, 6.45) is 1.78. The minimum absolute atomic E-state index is 0.677. The Hall–Kier alpha value is -2.49. The molecule has 2 rings (SSSR count). The molecule has 4 nitrogen and oxygen atoms in total. The first-order valence-electron chi connectivity index (χ1n) is 6.35. The molecule has 0 heterocycles. The lowest BCUT2D eigenvalue weighted by molar-refractivity contribution is 0.414. The summed E-state index contributed by atoms with van der Waals surface area (Å²) < 4.78 is 10.2. The Bertz CT molecular complexity index is 548. The maximum Gasteiger partial charge on any atom is 0.118 e. The van der Waals surface area contributed by atoms with Gasteiger partial charge in [-0.3, -0.25) is 0 Å². The van der Waals surface area contributed by atoms with Crippen LogP contribution in [0, 0.1) is 0 Å². The molecule has 2 aromatic rings. The molecule has 1 N–H and O–H groups in total. The first kappa shape index (κ1) is 13.9. The molecule has 0 aliphatic carbocycles. The second-order valence-electron chi connectivity index (χ2n) is 4.21. The molecule has 0 saturated carbocycles. The Kier molecular flexibility index (Phi) is 5.00. The Morgan fingerprint density at radius 1 is 0.900 bits per heavy atom. The van der Waals surface area contributed by atoms with Crippen LogP contribution in [0.2, 0.25) is 0 Å². The average Bonchev–Trinajstić information content (AvgIpc) is 2.53. The topological polar surface area (TPSA) is 42.8 Å².